The molecule has 0 radical (unpaired) electrons. The van der Waals surface area contributed by atoms with Crippen molar-refractivity contribution in [3.05, 3.63) is 102 Å². The molecule has 1 aliphatic rings. The third-order valence-electron chi connectivity index (χ3n) is 5.06. The van der Waals surface area contributed by atoms with E-state index in [1.54, 1.807) is 16.4 Å². The lowest BCUT2D eigenvalue weighted by Gasteiger charge is -2.47. The molecule has 0 N–H and O–H groups in total. The molecule has 0 amide bonds. The van der Waals surface area contributed by atoms with Crippen molar-refractivity contribution < 1.29 is 8.42 Å². The van der Waals surface area contributed by atoms with Gasteiger partial charge in [-0.05, 0) is 30.2 Å². The molecule has 26 heavy (non-hydrogen) atoms. The Morgan fingerprint density at radius 2 is 1.31 bits per heavy atom. The van der Waals surface area contributed by atoms with Gasteiger partial charge in [0.25, 0.3) is 0 Å². The van der Waals surface area contributed by atoms with Crippen LogP contribution in [0, 0.1) is 6.92 Å². The number of aryl methyl sites for hydroxylation is 1. The summed E-state index contributed by atoms with van der Waals surface area (Å²) in [4.78, 5) is 0.357. The molecule has 0 bridgehead atoms. The molecule has 0 saturated carbocycles. The second-order valence-corrected chi connectivity index (χ2v) is 8.65. The molecule has 2 atom stereocenters. The van der Waals surface area contributed by atoms with Gasteiger partial charge < -0.3 is 0 Å². The van der Waals surface area contributed by atoms with Gasteiger partial charge in [-0.2, -0.15) is 4.31 Å². The van der Waals surface area contributed by atoms with Gasteiger partial charge in [0.1, 0.15) is 0 Å². The highest BCUT2D eigenvalue weighted by molar-refractivity contribution is 7.89. The predicted molar refractivity (Wildman–Crippen MR) is 103 cm³/mol. The second kappa shape index (κ2) is 6.71. The fourth-order valence-electron chi connectivity index (χ4n) is 3.60. The predicted octanol–water partition coefficient (Wildman–Crippen LogP) is 4.52. The zero-order valence-electron chi connectivity index (χ0n) is 14.6. The molecule has 4 heteroatoms. The van der Waals surface area contributed by atoms with E-state index in [-0.39, 0.29) is 12.0 Å². The maximum atomic E-state index is 13.2. The summed E-state index contributed by atoms with van der Waals surface area (Å²) in [6.07, 6.45) is 0. The highest BCUT2D eigenvalue weighted by Gasteiger charge is 2.47. The molecule has 0 spiro atoms. The second-order valence-electron chi connectivity index (χ2n) is 6.76. The number of nitrogens with zero attached hydrogens (tertiary/aromatic N) is 1. The number of hydrogen-bond donors (Lipinski definition) is 0. The Morgan fingerprint density at radius 1 is 0.769 bits per heavy atom. The SMILES string of the molecule is Cc1ccc(S(=O)(=O)N2C[C@H](c3ccccc3)[C@@H]2c2ccccc2)cc1. The van der Waals surface area contributed by atoms with Gasteiger partial charge in [0, 0.05) is 12.5 Å². The average Bonchev–Trinajstić information content (AvgIpc) is 2.63. The maximum Gasteiger partial charge on any atom is 0.243 e. The summed E-state index contributed by atoms with van der Waals surface area (Å²) in [5.41, 5.74) is 3.26. The topological polar surface area (TPSA) is 37.4 Å². The molecular formula is C22H21NO2S. The summed E-state index contributed by atoms with van der Waals surface area (Å²) in [6, 6.07) is 27.0. The highest BCUT2D eigenvalue weighted by Crippen LogP contribution is 2.48. The van der Waals surface area contributed by atoms with Crippen LogP contribution in [0.3, 0.4) is 0 Å². The van der Waals surface area contributed by atoms with Crippen molar-refractivity contribution in [2.24, 2.45) is 0 Å². The zero-order chi connectivity index (χ0) is 18.1. The van der Waals surface area contributed by atoms with E-state index < -0.39 is 10.0 Å². The van der Waals surface area contributed by atoms with Gasteiger partial charge in [-0.3, -0.25) is 0 Å². The summed E-state index contributed by atoms with van der Waals surface area (Å²) in [7, 11) is -3.52. The molecule has 3 aromatic carbocycles. The van der Waals surface area contributed by atoms with Gasteiger partial charge in [0.2, 0.25) is 10.0 Å². The lowest BCUT2D eigenvalue weighted by molar-refractivity contribution is 0.159. The van der Waals surface area contributed by atoms with Crippen LogP contribution >= 0.6 is 0 Å². The van der Waals surface area contributed by atoms with Crippen LogP contribution in [0.15, 0.2) is 89.8 Å². The van der Waals surface area contributed by atoms with Crippen molar-refractivity contribution in [2.75, 3.05) is 6.54 Å². The Morgan fingerprint density at radius 3 is 1.88 bits per heavy atom. The molecule has 1 heterocycles. The first kappa shape index (κ1) is 17.0. The van der Waals surface area contributed by atoms with Gasteiger partial charge in [-0.1, -0.05) is 78.4 Å². The summed E-state index contributed by atoms with van der Waals surface area (Å²) >= 11 is 0. The van der Waals surface area contributed by atoms with E-state index in [0.29, 0.717) is 11.4 Å². The summed E-state index contributed by atoms with van der Waals surface area (Å²) < 4.78 is 28.1. The third kappa shape index (κ3) is 2.96. The molecule has 0 aliphatic carbocycles. The van der Waals surface area contributed by atoms with Crippen LogP contribution in [0.5, 0.6) is 0 Å². The van der Waals surface area contributed by atoms with Crippen molar-refractivity contribution in [1.29, 1.82) is 0 Å². The first-order valence-electron chi connectivity index (χ1n) is 8.76. The zero-order valence-corrected chi connectivity index (χ0v) is 15.4. The number of rotatable bonds is 4. The summed E-state index contributed by atoms with van der Waals surface area (Å²) in [5, 5.41) is 0. The summed E-state index contributed by atoms with van der Waals surface area (Å²) in [5.74, 6) is 0.166. The van der Waals surface area contributed by atoms with Crippen LogP contribution < -0.4 is 0 Å². The van der Waals surface area contributed by atoms with Gasteiger partial charge in [-0.25, -0.2) is 8.42 Å². The summed E-state index contributed by atoms with van der Waals surface area (Å²) in [6.45, 7) is 2.46. The minimum Gasteiger partial charge on any atom is -0.207 e. The molecule has 1 aliphatic heterocycles. The van der Waals surface area contributed by atoms with Crippen LogP contribution in [-0.4, -0.2) is 19.3 Å². The monoisotopic (exact) mass is 363 g/mol. The minimum atomic E-state index is -3.52. The molecule has 132 valence electrons. The fourth-order valence-corrected chi connectivity index (χ4v) is 5.28. The first-order chi connectivity index (χ1) is 12.6. The standard InChI is InChI=1S/C22H21NO2S/c1-17-12-14-20(15-13-17)26(24,25)23-16-21(18-8-4-2-5-9-18)22(23)19-10-6-3-7-11-19/h2-15,21-22H,16H2,1H3/t21-,22+/m1/s1. The molecule has 1 fully saturated rings. The van der Waals surface area contributed by atoms with Gasteiger partial charge >= 0.3 is 0 Å². The fraction of sp³-hybridized carbons (Fsp3) is 0.182. The Kier molecular flexibility index (Phi) is 4.39. The third-order valence-corrected chi connectivity index (χ3v) is 6.93. The maximum absolute atomic E-state index is 13.2. The number of sulfonamides is 1. The first-order valence-corrected chi connectivity index (χ1v) is 10.2. The lowest BCUT2D eigenvalue weighted by Crippen LogP contribution is -2.51. The van der Waals surface area contributed by atoms with Crippen molar-refractivity contribution in [2.45, 2.75) is 23.8 Å². The van der Waals surface area contributed by atoms with E-state index in [1.165, 1.54) is 5.56 Å². The Labute approximate surface area is 155 Å². The van der Waals surface area contributed by atoms with E-state index in [0.717, 1.165) is 11.1 Å². The van der Waals surface area contributed by atoms with Gasteiger partial charge in [0.05, 0.1) is 10.9 Å². The van der Waals surface area contributed by atoms with E-state index in [1.807, 2.05) is 67.6 Å². The van der Waals surface area contributed by atoms with Crippen LogP contribution in [0.2, 0.25) is 0 Å². The van der Waals surface area contributed by atoms with Crippen molar-refractivity contribution in [3.63, 3.8) is 0 Å². The molecule has 3 aromatic rings. The molecule has 4 rings (SSSR count). The van der Waals surface area contributed by atoms with E-state index >= 15 is 0 Å². The van der Waals surface area contributed by atoms with Crippen LogP contribution in [0.25, 0.3) is 0 Å². The molecule has 3 nitrogen and oxygen atoms in total. The highest BCUT2D eigenvalue weighted by atomic mass is 32.2. The molecule has 0 unspecified atom stereocenters. The van der Waals surface area contributed by atoms with Crippen LogP contribution in [0.4, 0.5) is 0 Å². The normalized spacial score (nSPS) is 20.5. The largest absolute Gasteiger partial charge is 0.243 e. The van der Waals surface area contributed by atoms with Crippen molar-refractivity contribution in [1.82, 2.24) is 4.31 Å². The quantitative estimate of drug-likeness (QED) is 0.683. The Bertz CT molecular complexity index is 983. The van der Waals surface area contributed by atoms with Crippen molar-refractivity contribution >= 4 is 10.0 Å². The molecule has 0 aromatic heterocycles. The minimum absolute atomic E-state index is 0.166. The average molecular weight is 363 g/mol. The lowest BCUT2D eigenvalue weighted by atomic mass is 9.81. The van der Waals surface area contributed by atoms with E-state index in [4.69, 9.17) is 0 Å². The van der Waals surface area contributed by atoms with E-state index in [9.17, 15) is 8.42 Å². The Balaban J connectivity index is 1.73. The number of hydrogen-bond acceptors (Lipinski definition) is 2. The van der Waals surface area contributed by atoms with Crippen molar-refractivity contribution in [3.8, 4) is 0 Å². The Hall–Kier alpha value is -2.43. The van der Waals surface area contributed by atoms with Crippen LogP contribution in [0.1, 0.15) is 28.7 Å². The van der Waals surface area contributed by atoms with E-state index in [2.05, 4.69) is 12.1 Å². The van der Waals surface area contributed by atoms with Gasteiger partial charge in [0.15, 0.2) is 0 Å². The van der Waals surface area contributed by atoms with Gasteiger partial charge in [-0.15, -0.1) is 0 Å². The molecular weight excluding hydrogens is 342 g/mol. The van der Waals surface area contributed by atoms with Crippen LogP contribution in [-0.2, 0) is 10.0 Å². The molecule has 1 saturated heterocycles. The smallest absolute Gasteiger partial charge is 0.207 e. The number of benzene rings is 3.